The zero-order valence-corrected chi connectivity index (χ0v) is 16.2. The number of carbonyl (C=O) groups excluding carboxylic acids is 1. The van der Waals surface area contributed by atoms with Gasteiger partial charge in [0.2, 0.25) is 0 Å². The molecular formula is C18H24FN3O4S. The van der Waals surface area contributed by atoms with Crippen LogP contribution in [-0.2, 0) is 15.0 Å². The minimum Gasteiger partial charge on any atom is -0.506 e. The Morgan fingerprint density at radius 3 is 2.67 bits per heavy atom. The van der Waals surface area contributed by atoms with E-state index < -0.39 is 39.9 Å². The number of nitrogens with zero attached hydrogens (tertiary/aromatic N) is 2. The number of rotatable bonds is 5. The Morgan fingerprint density at radius 2 is 2.04 bits per heavy atom. The summed E-state index contributed by atoms with van der Waals surface area (Å²) in [5.74, 6) is -1.56. The lowest BCUT2D eigenvalue weighted by Gasteiger charge is -2.29. The van der Waals surface area contributed by atoms with Crippen LogP contribution in [0.25, 0.3) is 5.57 Å². The number of anilines is 1. The summed E-state index contributed by atoms with van der Waals surface area (Å²) in [6.45, 7) is 6.09. The van der Waals surface area contributed by atoms with Crippen LogP contribution in [0.1, 0.15) is 32.3 Å². The summed E-state index contributed by atoms with van der Waals surface area (Å²) < 4.78 is 41.7. The summed E-state index contributed by atoms with van der Waals surface area (Å²) >= 11 is 0. The van der Waals surface area contributed by atoms with E-state index in [0.717, 1.165) is 31.5 Å². The van der Waals surface area contributed by atoms with E-state index in [9.17, 15) is 18.3 Å². The zero-order valence-electron chi connectivity index (χ0n) is 15.4. The van der Waals surface area contributed by atoms with Crippen molar-refractivity contribution in [3.05, 3.63) is 29.6 Å². The molecule has 0 aliphatic carbocycles. The van der Waals surface area contributed by atoms with Crippen LogP contribution < -0.4 is 9.03 Å². The number of phenols is 1. The molecule has 0 radical (unpaired) electrons. The van der Waals surface area contributed by atoms with Crippen LogP contribution in [0.2, 0.25) is 0 Å². The lowest BCUT2D eigenvalue weighted by atomic mass is 9.99. The summed E-state index contributed by atoms with van der Waals surface area (Å²) in [4.78, 5) is 13.7. The van der Waals surface area contributed by atoms with Gasteiger partial charge in [-0.15, -0.1) is 0 Å². The molecule has 2 aliphatic rings. The molecule has 1 aromatic rings. The van der Waals surface area contributed by atoms with Crippen molar-refractivity contribution >= 4 is 27.4 Å². The molecule has 1 amide bonds. The molecule has 2 N–H and O–H groups in total. The van der Waals surface area contributed by atoms with E-state index in [0.29, 0.717) is 16.8 Å². The smallest absolute Gasteiger partial charge is 0.326 e. The second-order valence-corrected chi connectivity index (χ2v) is 8.90. The molecular weight excluding hydrogens is 373 g/mol. The van der Waals surface area contributed by atoms with Crippen LogP contribution in [0, 0.1) is 11.7 Å². The van der Waals surface area contributed by atoms with E-state index >= 15 is 4.39 Å². The van der Waals surface area contributed by atoms with Crippen LogP contribution in [0.3, 0.4) is 0 Å². The molecule has 0 saturated carbocycles. The second-order valence-electron chi connectivity index (χ2n) is 7.31. The SMILES string of the molecule is CC(C)CCN1CCC=C(c2ccc(O)c(N3CC(=O)NS3(=O)=O)c2F)C1. The van der Waals surface area contributed by atoms with Gasteiger partial charge in [0.1, 0.15) is 18.0 Å². The molecule has 1 saturated heterocycles. The molecule has 0 unspecified atom stereocenters. The number of hydrogen-bond acceptors (Lipinski definition) is 5. The van der Waals surface area contributed by atoms with Crippen LogP contribution >= 0.6 is 0 Å². The topological polar surface area (TPSA) is 89.9 Å². The minimum atomic E-state index is -4.21. The van der Waals surface area contributed by atoms with Gasteiger partial charge >= 0.3 is 10.2 Å². The fraction of sp³-hybridized carbons (Fsp3) is 0.500. The second kappa shape index (κ2) is 7.47. The highest BCUT2D eigenvalue weighted by Gasteiger charge is 2.38. The molecule has 0 aromatic heterocycles. The normalized spacial score (nSPS) is 20.1. The molecule has 27 heavy (non-hydrogen) atoms. The minimum absolute atomic E-state index is 0.242. The van der Waals surface area contributed by atoms with Crippen molar-refractivity contribution in [3.8, 4) is 5.75 Å². The van der Waals surface area contributed by atoms with Crippen molar-refractivity contribution in [2.45, 2.75) is 26.7 Å². The highest BCUT2D eigenvalue weighted by molar-refractivity contribution is 7.92. The first-order valence-corrected chi connectivity index (χ1v) is 10.4. The first-order valence-electron chi connectivity index (χ1n) is 8.95. The first-order chi connectivity index (χ1) is 12.7. The average Bonchev–Trinajstić information content (AvgIpc) is 2.85. The van der Waals surface area contributed by atoms with Gasteiger partial charge in [0.15, 0.2) is 5.82 Å². The van der Waals surface area contributed by atoms with Crippen molar-refractivity contribution < 1.29 is 22.7 Å². The van der Waals surface area contributed by atoms with Gasteiger partial charge in [-0.25, -0.2) is 13.4 Å². The Hall–Kier alpha value is -2.13. The highest BCUT2D eigenvalue weighted by atomic mass is 32.2. The van der Waals surface area contributed by atoms with Gasteiger partial charge in [-0.2, -0.15) is 8.42 Å². The number of amides is 1. The van der Waals surface area contributed by atoms with Gasteiger partial charge in [-0.05, 0) is 43.0 Å². The average molecular weight is 397 g/mol. The number of hydrogen-bond donors (Lipinski definition) is 2. The summed E-state index contributed by atoms with van der Waals surface area (Å²) in [7, 11) is -4.21. The van der Waals surface area contributed by atoms with E-state index in [4.69, 9.17) is 0 Å². The summed E-state index contributed by atoms with van der Waals surface area (Å²) in [5, 5.41) is 10.1. The Morgan fingerprint density at radius 1 is 1.30 bits per heavy atom. The maximum Gasteiger partial charge on any atom is 0.326 e. The third kappa shape index (κ3) is 4.08. The van der Waals surface area contributed by atoms with Crippen molar-refractivity contribution in [1.29, 1.82) is 0 Å². The Labute approximate surface area is 158 Å². The van der Waals surface area contributed by atoms with Gasteiger partial charge in [0, 0.05) is 18.7 Å². The largest absolute Gasteiger partial charge is 0.506 e. The van der Waals surface area contributed by atoms with Crippen LogP contribution in [0.5, 0.6) is 5.75 Å². The van der Waals surface area contributed by atoms with Crippen LogP contribution in [0.4, 0.5) is 10.1 Å². The van der Waals surface area contributed by atoms with Gasteiger partial charge < -0.3 is 5.11 Å². The van der Waals surface area contributed by atoms with E-state index in [1.54, 1.807) is 4.72 Å². The van der Waals surface area contributed by atoms with E-state index in [1.165, 1.54) is 12.1 Å². The number of carbonyl (C=O) groups is 1. The molecule has 9 heteroatoms. The molecule has 0 atom stereocenters. The number of halogens is 1. The maximum atomic E-state index is 15.2. The monoisotopic (exact) mass is 397 g/mol. The molecule has 148 valence electrons. The number of phenolic OH excluding ortho intramolecular Hbond substituents is 1. The fourth-order valence-corrected chi connectivity index (χ4v) is 4.48. The zero-order chi connectivity index (χ0) is 19.8. The van der Waals surface area contributed by atoms with E-state index in [2.05, 4.69) is 18.7 Å². The van der Waals surface area contributed by atoms with Crippen molar-refractivity contribution in [1.82, 2.24) is 9.62 Å². The van der Waals surface area contributed by atoms with E-state index in [-0.39, 0.29) is 5.56 Å². The van der Waals surface area contributed by atoms with Crippen LogP contribution in [-0.4, -0.2) is 50.5 Å². The summed E-state index contributed by atoms with van der Waals surface area (Å²) in [6.07, 6.45) is 3.74. The molecule has 7 nitrogen and oxygen atoms in total. The standard InChI is InChI=1S/C18H24FN3O4S/c1-12(2)7-9-21-8-3-4-13(10-21)14-5-6-15(23)18(17(14)19)22-11-16(24)20-27(22,25)26/h4-6,12,23H,3,7-11H2,1-2H3,(H,20,24). The molecule has 0 bridgehead atoms. The Balaban J connectivity index is 1.92. The molecule has 2 aliphatic heterocycles. The third-order valence-electron chi connectivity index (χ3n) is 4.76. The lowest BCUT2D eigenvalue weighted by molar-refractivity contribution is -0.117. The molecule has 3 rings (SSSR count). The molecule has 1 aromatic carbocycles. The van der Waals surface area contributed by atoms with Crippen molar-refractivity contribution in [2.75, 3.05) is 30.5 Å². The molecule has 2 heterocycles. The van der Waals surface area contributed by atoms with Gasteiger partial charge in [0.05, 0.1) is 0 Å². The number of benzene rings is 1. The lowest BCUT2D eigenvalue weighted by Crippen LogP contribution is -2.32. The Bertz CT molecular complexity index is 883. The first kappa shape index (κ1) is 19.6. The van der Waals surface area contributed by atoms with Crippen molar-refractivity contribution in [2.24, 2.45) is 5.92 Å². The maximum absolute atomic E-state index is 15.2. The van der Waals surface area contributed by atoms with E-state index in [1.807, 2.05) is 6.08 Å². The highest BCUT2D eigenvalue weighted by Crippen LogP contribution is 2.38. The molecule has 1 fully saturated rings. The van der Waals surface area contributed by atoms with Crippen molar-refractivity contribution in [3.63, 3.8) is 0 Å². The summed E-state index contributed by atoms with van der Waals surface area (Å²) in [6, 6.07) is 2.71. The predicted octanol–water partition coefficient (Wildman–Crippen LogP) is 1.85. The van der Waals surface area contributed by atoms with Gasteiger partial charge in [-0.1, -0.05) is 19.9 Å². The molecule has 0 spiro atoms. The van der Waals surface area contributed by atoms with Crippen LogP contribution in [0.15, 0.2) is 18.2 Å². The predicted molar refractivity (Wildman–Crippen MR) is 101 cm³/mol. The Kier molecular flexibility index (Phi) is 5.43. The van der Waals surface area contributed by atoms with Gasteiger partial charge in [-0.3, -0.25) is 9.69 Å². The number of nitrogens with one attached hydrogen (secondary N) is 1. The number of aromatic hydroxyl groups is 1. The quantitative estimate of drug-likeness (QED) is 0.791. The van der Waals surface area contributed by atoms with Gasteiger partial charge in [0.25, 0.3) is 5.91 Å². The third-order valence-corrected chi connectivity index (χ3v) is 6.14. The fourth-order valence-electron chi connectivity index (χ4n) is 3.32. The summed E-state index contributed by atoms with van der Waals surface area (Å²) in [5.41, 5.74) is 0.497.